The molecule has 0 spiro atoms. The Balaban J connectivity index is 3.16. The molecule has 1 rings (SSSR count). The SMILES string of the molecule is N=c1ncccn1/C=C\I. The van der Waals surface area contributed by atoms with Crippen LogP contribution in [0, 0.1) is 5.41 Å². The molecule has 0 unspecified atom stereocenters. The maximum Gasteiger partial charge on any atom is 0.226 e. The fraction of sp³-hybridized carbons (Fsp3) is 0. The fourth-order valence-corrected chi connectivity index (χ4v) is 0.910. The van der Waals surface area contributed by atoms with Gasteiger partial charge in [0.2, 0.25) is 5.62 Å². The molecule has 10 heavy (non-hydrogen) atoms. The first-order valence-electron chi connectivity index (χ1n) is 2.69. The average Bonchev–Trinajstić information content (AvgIpc) is 1.94. The maximum absolute atomic E-state index is 7.27. The standard InChI is InChI=1S/C6H6IN3/c7-2-5-10-4-1-3-9-6(10)8/h1-5,8H/b5-2-,8-6?. The first-order valence-corrected chi connectivity index (χ1v) is 3.94. The van der Waals surface area contributed by atoms with Crippen molar-refractivity contribution in [2.75, 3.05) is 0 Å². The van der Waals surface area contributed by atoms with E-state index >= 15 is 0 Å². The van der Waals surface area contributed by atoms with Crippen LogP contribution < -0.4 is 5.62 Å². The molecule has 0 radical (unpaired) electrons. The van der Waals surface area contributed by atoms with E-state index in [0.717, 1.165) is 0 Å². The van der Waals surface area contributed by atoms with Crippen LogP contribution >= 0.6 is 22.6 Å². The van der Waals surface area contributed by atoms with Gasteiger partial charge in [-0.1, -0.05) is 22.6 Å². The summed E-state index contributed by atoms with van der Waals surface area (Å²) < 4.78 is 3.46. The van der Waals surface area contributed by atoms with E-state index in [1.807, 2.05) is 4.08 Å². The summed E-state index contributed by atoms with van der Waals surface area (Å²) in [4.78, 5) is 3.77. The molecule has 1 aromatic heterocycles. The second kappa shape index (κ2) is 3.50. The lowest BCUT2D eigenvalue weighted by Crippen LogP contribution is -2.16. The third kappa shape index (κ3) is 1.66. The van der Waals surface area contributed by atoms with Gasteiger partial charge in [0.1, 0.15) is 0 Å². The van der Waals surface area contributed by atoms with Crippen LogP contribution in [0.1, 0.15) is 0 Å². The molecule has 1 N–H and O–H groups in total. The third-order valence-corrected chi connectivity index (χ3v) is 1.31. The van der Waals surface area contributed by atoms with Crippen molar-refractivity contribution in [3.8, 4) is 0 Å². The molecule has 0 atom stereocenters. The number of rotatable bonds is 1. The molecule has 0 aliphatic carbocycles. The topological polar surface area (TPSA) is 41.7 Å². The zero-order chi connectivity index (χ0) is 7.40. The van der Waals surface area contributed by atoms with Crippen LogP contribution in [-0.4, -0.2) is 9.55 Å². The molecule has 0 bridgehead atoms. The van der Waals surface area contributed by atoms with Gasteiger partial charge in [-0.2, -0.15) is 0 Å². The molecule has 52 valence electrons. The van der Waals surface area contributed by atoms with Gasteiger partial charge >= 0.3 is 0 Å². The van der Waals surface area contributed by atoms with Gasteiger partial charge in [0.15, 0.2) is 0 Å². The first-order chi connectivity index (χ1) is 4.84. The minimum Gasteiger partial charge on any atom is -0.293 e. The van der Waals surface area contributed by atoms with Crippen molar-refractivity contribution in [3.05, 3.63) is 28.2 Å². The van der Waals surface area contributed by atoms with Crippen molar-refractivity contribution in [1.29, 1.82) is 5.41 Å². The Hall–Kier alpha value is -0.650. The van der Waals surface area contributed by atoms with Crippen molar-refractivity contribution in [1.82, 2.24) is 9.55 Å². The lowest BCUT2D eigenvalue weighted by Gasteiger charge is -1.93. The van der Waals surface area contributed by atoms with Gasteiger partial charge in [0.05, 0.1) is 0 Å². The van der Waals surface area contributed by atoms with Gasteiger partial charge in [-0.05, 0) is 10.1 Å². The van der Waals surface area contributed by atoms with E-state index in [4.69, 9.17) is 5.41 Å². The molecule has 0 aromatic carbocycles. The summed E-state index contributed by atoms with van der Waals surface area (Å²) in [5.74, 6) is 0. The Kier molecular flexibility index (Phi) is 2.61. The molecule has 4 heteroatoms. The Morgan fingerprint density at radius 2 is 2.50 bits per heavy atom. The average molecular weight is 247 g/mol. The second-order valence-corrected chi connectivity index (χ2v) is 2.34. The summed E-state index contributed by atoms with van der Waals surface area (Å²) in [6.45, 7) is 0. The third-order valence-electron chi connectivity index (χ3n) is 0.991. The molecule has 0 fully saturated rings. The zero-order valence-corrected chi connectivity index (χ0v) is 7.32. The summed E-state index contributed by atoms with van der Waals surface area (Å²) in [7, 11) is 0. The lowest BCUT2D eigenvalue weighted by atomic mass is 10.6. The minimum atomic E-state index is 0.246. The van der Waals surface area contributed by atoms with Gasteiger partial charge in [-0.25, -0.2) is 4.98 Å². The normalized spacial score (nSPS) is 10.5. The van der Waals surface area contributed by atoms with E-state index in [1.165, 1.54) is 0 Å². The highest BCUT2D eigenvalue weighted by molar-refractivity contribution is 14.1. The van der Waals surface area contributed by atoms with Gasteiger partial charge in [-0.15, -0.1) is 0 Å². The van der Waals surface area contributed by atoms with E-state index in [2.05, 4.69) is 27.6 Å². The summed E-state index contributed by atoms with van der Waals surface area (Å²) in [6.07, 6.45) is 5.15. The van der Waals surface area contributed by atoms with Crippen molar-refractivity contribution >= 4 is 28.8 Å². The van der Waals surface area contributed by atoms with Crippen LogP contribution in [0.3, 0.4) is 0 Å². The fourth-order valence-electron chi connectivity index (χ4n) is 0.563. The molecular weight excluding hydrogens is 241 g/mol. The molecule has 1 aromatic rings. The Morgan fingerprint density at radius 3 is 3.10 bits per heavy atom. The second-order valence-electron chi connectivity index (χ2n) is 1.63. The molecule has 0 aliphatic heterocycles. The van der Waals surface area contributed by atoms with Crippen LogP contribution in [0.2, 0.25) is 0 Å². The number of nitrogens with zero attached hydrogens (tertiary/aromatic N) is 2. The van der Waals surface area contributed by atoms with E-state index in [0.29, 0.717) is 0 Å². The smallest absolute Gasteiger partial charge is 0.226 e. The molecule has 0 saturated heterocycles. The van der Waals surface area contributed by atoms with Gasteiger partial charge in [0.25, 0.3) is 0 Å². The molecular formula is C6H6IN3. The predicted molar refractivity (Wildman–Crippen MR) is 47.4 cm³/mol. The largest absolute Gasteiger partial charge is 0.293 e. The van der Waals surface area contributed by atoms with Gasteiger partial charge in [-0.3, -0.25) is 9.98 Å². The van der Waals surface area contributed by atoms with Gasteiger partial charge < -0.3 is 0 Å². The number of hydrogen-bond acceptors (Lipinski definition) is 2. The summed E-state index contributed by atoms with van der Waals surface area (Å²) >= 11 is 2.10. The molecule has 0 amide bonds. The van der Waals surface area contributed by atoms with E-state index < -0.39 is 0 Å². The van der Waals surface area contributed by atoms with Crippen molar-refractivity contribution in [2.24, 2.45) is 0 Å². The zero-order valence-electron chi connectivity index (χ0n) is 5.16. The minimum absolute atomic E-state index is 0.246. The van der Waals surface area contributed by atoms with E-state index in [9.17, 15) is 0 Å². The Morgan fingerprint density at radius 1 is 1.70 bits per heavy atom. The van der Waals surface area contributed by atoms with Crippen molar-refractivity contribution in [3.63, 3.8) is 0 Å². The quantitative estimate of drug-likeness (QED) is 0.745. The summed E-state index contributed by atoms with van der Waals surface area (Å²) in [5.41, 5.74) is 0.246. The van der Waals surface area contributed by atoms with Crippen LogP contribution in [0.5, 0.6) is 0 Å². The number of halogens is 1. The summed E-state index contributed by atoms with van der Waals surface area (Å²) in [6, 6.07) is 1.79. The van der Waals surface area contributed by atoms with Crippen LogP contribution in [0.4, 0.5) is 0 Å². The molecule has 1 heterocycles. The molecule has 0 aliphatic rings. The van der Waals surface area contributed by atoms with E-state index in [-0.39, 0.29) is 5.62 Å². The highest BCUT2D eigenvalue weighted by Crippen LogP contribution is 1.86. The Bertz CT molecular complexity index is 289. The Labute approximate surface area is 72.1 Å². The summed E-state index contributed by atoms with van der Waals surface area (Å²) in [5, 5.41) is 7.27. The van der Waals surface area contributed by atoms with Crippen LogP contribution in [0.15, 0.2) is 22.5 Å². The first kappa shape index (κ1) is 7.46. The highest BCUT2D eigenvalue weighted by atomic mass is 127. The number of nitrogens with one attached hydrogen (secondary N) is 1. The number of hydrogen-bond donors (Lipinski definition) is 1. The van der Waals surface area contributed by atoms with Gasteiger partial charge in [0, 0.05) is 18.6 Å². The van der Waals surface area contributed by atoms with Crippen LogP contribution in [0.25, 0.3) is 6.20 Å². The monoisotopic (exact) mass is 247 g/mol. The van der Waals surface area contributed by atoms with E-state index in [1.54, 1.807) is 29.2 Å². The van der Waals surface area contributed by atoms with Crippen molar-refractivity contribution in [2.45, 2.75) is 0 Å². The molecule has 0 saturated carbocycles. The predicted octanol–water partition coefficient (Wildman–Crippen LogP) is 1.23. The van der Waals surface area contributed by atoms with Crippen LogP contribution in [-0.2, 0) is 0 Å². The lowest BCUT2D eigenvalue weighted by molar-refractivity contribution is 0.883. The number of aromatic nitrogens is 2. The molecule has 3 nitrogen and oxygen atoms in total. The highest BCUT2D eigenvalue weighted by Gasteiger charge is 1.81. The van der Waals surface area contributed by atoms with Crippen molar-refractivity contribution < 1.29 is 0 Å². The maximum atomic E-state index is 7.27.